The molecule has 0 N–H and O–H groups in total. The van der Waals surface area contributed by atoms with Crippen molar-refractivity contribution >= 4 is 0 Å². The van der Waals surface area contributed by atoms with Gasteiger partial charge < -0.3 is 4.74 Å². The summed E-state index contributed by atoms with van der Waals surface area (Å²) in [5.41, 5.74) is 8.94. The Hall–Kier alpha value is -1.74. The van der Waals surface area contributed by atoms with Crippen LogP contribution in [0.4, 0.5) is 0 Å². The van der Waals surface area contributed by atoms with Gasteiger partial charge in [-0.2, -0.15) is 0 Å². The van der Waals surface area contributed by atoms with Gasteiger partial charge in [-0.05, 0) is 24.1 Å². The minimum Gasteiger partial charge on any atom is -0.495 e. The van der Waals surface area contributed by atoms with Crippen LogP contribution in [0.1, 0.15) is 5.69 Å². The van der Waals surface area contributed by atoms with Gasteiger partial charge in [0, 0.05) is 17.2 Å². The van der Waals surface area contributed by atoms with Crippen LogP contribution in [0, 0.1) is 0 Å². The van der Waals surface area contributed by atoms with Crippen molar-refractivity contribution in [1.82, 2.24) is 4.98 Å². The van der Waals surface area contributed by atoms with E-state index in [9.17, 15) is 0 Å². The van der Waals surface area contributed by atoms with Gasteiger partial charge in [-0.25, -0.2) is 0 Å². The van der Waals surface area contributed by atoms with Crippen molar-refractivity contribution in [1.29, 1.82) is 0 Å². The summed E-state index contributed by atoms with van der Waals surface area (Å²) in [6.45, 7) is 0.440. The van der Waals surface area contributed by atoms with Gasteiger partial charge in [0.05, 0.1) is 13.3 Å². The van der Waals surface area contributed by atoms with E-state index in [4.69, 9.17) is 10.3 Å². The lowest BCUT2D eigenvalue weighted by atomic mass is 10.3. The molecule has 0 atom stereocenters. The summed E-state index contributed by atoms with van der Waals surface area (Å²) >= 11 is 0. The number of azide groups is 1. The molecule has 0 aromatic carbocycles. The highest BCUT2D eigenvalue weighted by atomic mass is 16.5. The normalized spacial score (nSPS) is 9.00. The van der Waals surface area contributed by atoms with Crippen molar-refractivity contribution in [3.63, 3.8) is 0 Å². The molecular weight excluding hydrogens is 168 g/mol. The first kappa shape index (κ1) is 9.35. The van der Waals surface area contributed by atoms with Gasteiger partial charge in [0.15, 0.2) is 0 Å². The fourth-order valence-electron chi connectivity index (χ4n) is 0.889. The fraction of sp³-hybridized carbons (Fsp3) is 0.375. The van der Waals surface area contributed by atoms with Crippen LogP contribution in [0.15, 0.2) is 23.4 Å². The number of nitrogens with zero attached hydrogens (tertiary/aromatic N) is 4. The average Bonchev–Trinajstić information content (AvgIpc) is 2.19. The maximum Gasteiger partial charge on any atom is 0.137 e. The third-order valence-corrected chi connectivity index (χ3v) is 1.56. The molecule has 0 unspecified atom stereocenters. The molecule has 0 spiro atoms. The zero-order valence-corrected chi connectivity index (χ0v) is 7.34. The molecule has 0 bridgehead atoms. The Morgan fingerprint density at radius 3 is 3.00 bits per heavy atom. The summed E-state index contributed by atoms with van der Waals surface area (Å²) < 4.78 is 4.95. The van der Waals surface area contributed by atoms with Crippen LogP contribution in [0.2, 0.25) is 0 Å². The second-order valence-corrected chi connectivity index (χ2v) is 2.39. The van der Waals surface area contributed by atoms with Crippen molar-refractivity contribution in [2.75, 3.05) is 13.7 Å². The van der Waals surface area contributed by atoms with E-state index < -0.39 is 0 Å². The topological polar surface area (TPSA) is 70.9 Å². The van der Waals surface area contributed by atoms with Gasteiger partial charge in [-0.15, -0.1) is 0 Å². The molecule has 68 valence electrons. The predicted octanol–water partition coefficient (Wildman–Crippen LogP) is 1.94. The SMILES string of the molecule is COc1ccc(CCN=[N+]=[N-])nc1. The molecule has 0 saturated heterocycles. The van der Waals surface area contributed by atoms with E-state index in [2.05, 4.69) is 15.0 Å². The highest BCUT2D eigenvalue weighted by molar-refractivity contribution is 5.19. The quantitative estimate of drug-likeness (QED) is 0.401. The number of hydrogen-bond donors (Lipinski definition) is 0. The third kappa shape index (κ3) is 3.01. The van der Waals surface area contributed by atoms with E-state index in [0.29, 0.717) is 13.0 Å². The lowest BCUT2D eigenvalue weighted by Gasteiger charge is -1.99. The summed E-state index contributed by atoms with van der Waals surface area (Å²) in [6.07, 6.45) is 2.31. The van der Waals surface area contributed by atoms with E-state index in [1.807, 2.05) is 12.1 Å². The third-order valence-electron chi connectivity index (χ3n) is 1.56. The molecule has 1 aromatic rings. The maximum atomic E-state index is 8.04. The molecule has 5 heteroatoms. The lowest BCUT2D eigenvalue weighted by Crippen LogP contribution is -1.93. The minimum atomic E-state index is 0.440. The Bertz CT molecular complexity index is 302. The van der Waals surface area contributed by atoms with Gasteiger partial charge >= 0.3 is 0 Å². The van der Waals surface area contributed by atoms with E-state index in [1.54, 1.807) is 13.3 Å². The molecule has 1 heterocycles. The van der Waals surface area contributed by atoms with Crippen molar-refractivity contribution < 1.29 is 4.74 Å². The second-order valence-electron chi connectivity index (χ2n) is 2.39. The molecule has 1 rings (SSSR count). The van der Waals surface area contributed by atoms with Crippen LogP contribution >= 0.6 is 0 Å². The Kier molecular flexibility index (Phi) is 3.60. The Morgan fingerprint density at radius 1 is 1.62 bits per heavy atom. The Labute approximate surface area is 76.0 Å². The van der Waals surface area contributed by atoms with Crippen LogP contribution in [-0.2, 0) is 6.42 Å². The Morgan fingerprint density at radius 2 is 2.46 bits per heavy atom. The van der Waals surface area contributed by atoms with Gasteiger partial charge in [0.2, 0.25) is 0 Å². The highest BCUT2D eigenvalue weighted by Crippen LogP contribution is 2.07. The van der Waals surface area contributed by atoms with Gasteiger partial charge in [0.1, 0.15) is 5.75 Å². The van der Waals surface area contributed by atoms with Crippen LogP contribution in [0.3, 0.4) is 0 Å². The summed E-state index contributed by atoms with van der Waals surface area (Å²) in [4.78, 5) is 6.77. The fourth-order valence-corrected chi connectivity index (χ4v) is 0.889. The summed E-state index contributed by atoms with van der Waals surface area (Å²) in [5, 5.41) is 3.42. The van der Waals surface area contributed by atoms with Crippen LogP contribution < -0.4 is 4.74 Å². The molecule has 0 aliphatic carbocycles. The zero-order valence-electron chi connectivity index (χ0n) is 7.34. The first-order valence-electron chi connectivity index (χ1n) is 3.86. The van der Waals surface area contributed by atoms with Crippen LogP contribution in [-0.4, -0.2) is 18.6 Å². The standard InChI is InChI=1S/C8H10N4O/c1-13-8-3-2-7(10-6-8)4-5-11-12-9/h2-3,6H,4-5H2,1H3. The first-order valence-corrected chi connectivity index (χ1v) is 3.86. The van der Waals surface area contributed by atoms with E-state index in [-0.39, 0.29) is 0 Å². The van der Waals surface area contributed by atoms with Crippen molar-refractivity contribution in [2.45, 2.75) is 6.42 Å². The first-order chi connectivity index (χ1) is 6.36. The number of ether oxygens (including phenoxy) is 1. The van der Waals surface area contributed by atoms with Gasteiger partial charge in [-0.1, -0.05) is 5.11 Å². The van der Waals surface area contributed by atoms with E-state index in [0.717, 1.165) is 11.4 Å². The number of hydrogen-bond acceptors (Lipinski definition) is 3. The number of rotatable bonds is 4. The zero-order chi connectivity index (χ0) is 9.52. The van der Waals surface area contributed by atoms with Crippen LogP contribution in [0.25, 0.3) is 10.4 Å². The maximum absolute atomic E-state index is 8.04. The van der Waals surface area contributed by atoms with Gasteiger partial charge in [-0.3, -0.25) is 4.98 Å². The lowest BCUT2D eigenvalue weighted by molar-refractivity contribution is 0.412. The van der Waals surface area contributed by atoms with Crippen LogP contribution in [0.5, 0.6) is 5.75 Å². The average molecular weight is 178 g/mol. The predicted molar refractivity (Wildman–Crippen MR) is 48.5 cm³/mol. The Balaban J connectivity index is 2.53. The molecular formula is C8H10N4O. The monoisotopic (exact) mass is 178 g/mol. The summed E-state index contributed by atoms with van der Waals surface area (Å²) in [5.74, 6) is 0.729. The van der Waals surface area contributed by atoms with E-state index >= 15 is 0 Å². The van der Waals surface area contributed by atoms with Gasteiger partial charge in [0.25, 0.3) is 0 Å². The van der Waals surface area contributed by atoms with Crippen molar-refractivity contribution in [3.05, 3.63) is 34.5 Å². The smallest absolute Gasteiger partial charge is 0.137 e. The molecule has 0 radical (unpaired) electrons. The number of methoxy groups -OCH3 is 1. The molecule has 0 fully saturated rings. The van der Waals surface area contributed by atoms with Crippen molar-refractivity contribution in [3.8, 4) is 5.75 Å². The molecule has 0 aliphatic heterocycles. The molecule has 13 heavy (non-hydrogen) atoms. The molecule has 0 aliphatic rings. The molecule has 5 nitrogen and oxygen atoms in total. The minimum absolute atomic E-state index is 0.440. The number of aromatic nitrogens is 1. The van der Waals surface area contributed by atoms with Crippen molar-refractivity contribution in [2.24, 2.45) is 5.11 Å². The molecule has 1 aromatic heterocycles. The molecule has 0 saturated carbocycles. The number of pyridine rings is 1. The second kappa shape index (κ2) is 5.00. The largest absolute Gasteiger partial charge is 0.495 e. The summed E-state index contributed by atoms with van der Waals surface area (Å²) in [6, 6.07) is 3.68. The highest BCUT2D eigenvalue weighted by Gasteiger charge is 1.94. The molecule has 0 amide bonds. The summed E-state index contributed by atoms with van der Waals surface area (Å²) in [7, 11) is 1.59. The van der Waals surface area contributed by atoms with E-state index in [1.165, 1.54) is 0 Å².